The molecule has 1 fully saturated rings. The molecule has 2 atom stereocenters. The summed E-state index contributed by atoms with van der Waals surface area (Å²) in [7, 11) is 0. The van der Waals surface area contributed by atoms with E-state index in [1.54, 1.807) is 0 Å². The minimum atomic E-state index is -0.0623. The van der Waals surface area contributed by atoms with Gasteiger partial charge in [-0.2, -0.15) is 0 Å². The molecular weight excluding hydrogens is 262 g/mol. The number of nitrogens with zero attached hydrogens (tertiary/aromatic N) is 1. The molecule has 1 heterocycles. The van der Waals surface area contributed by atoms with Gasteiger partial charge in [0.15, 0.2) is 0 Å². The molecule has 4 heteroatoms. The van der Waals surface area contributed by atoms with Gasteiger partial charge in [-0.1, -0.05) is 17.2 Å². The Kier molecular flexibility index (Phi) is 4.48. The molecule has 0 aromatic heterocycles. The van der Waals surface area contributed by atoms with Gasteiger partial charge >= 0.3 is 0 Å². The largest absolute Gasteiger partial charge is 0.373 e. The van der Waals surface area contributed by atoms with Gasteiger partial charge in [0, 0.05) is 12.1 Å². The van der Waals surface area contributed by atoms with Gasteiger partial charge in [-0.15, -0.1) is 11.6 Å². The zero-order valence-corrected chi connectivity index (χ0v) is 12.4. The topological polar surface area (TPSA) is 29.5 Å². The van der Waals surface area contributed by atoms with Crippen molar-refractivity contribution in [3.05, 3.63) is 34.9 Å². The van der Waals surface area contributed by atoms with Crippen molar-refractivity contribution < 1.29 is 9.53 Å². The molecule has 3 nitrogen and oxygen atoms in total. The van der Waals surface area contributed by atoms with Gasteiger partial charge in [0.05, 0.1) is 24.6 Å². The number of aryl methyl sites for hydroxylation is 2. The first-order chi connectivity index (χ1) is 9.01. The lowest BCUT2D eigenvalue weighted by molar-refractivity contribution is -0.0371. The summed E-state index contributed by atoms with van der Waals surface area (Å²) in [5.41, 5.74) is 2.97. The first-order valence-electron chi connectivity index (χ1n) is 6.58. The summed E-state index contributed by atoms with van der Waals surface area (Å²) in [5, 5.41) is 0. The number of hydrogen-bond acceptors (Lipinski definition) is 2. The zero-order chi connectivity index (χ0) is 14.0. The van der Waals surface area contributed by atoms with Crippen molar-refractivity contribution in [2.45, 2.75) is 32.9 Å². The van der Waals surface area contributed by atoms with Crippen molar-refractivity contribution in [1.29, 1.82) is 0 Å². The summed E-state index contributed by atoms with van der Waals surface area (Å²) < 4.78 is 5.58. The first-order valence-corrected chi connectivity index (χ1v) is 7.11. The number of alkyl halides is 1. The molecule has 1 aliphatic rings. The summed E-state index contributed by atoms with van der Waals surface area (Å²) in [5.74, 6) is 0.487. The summed E-state index contributed by atoms with van der Waals surface area (Å²) in [6.07, 6.45) is -0.0623. The molecule has 0 spiro atoms. The van der Waals surface area contributed by atoms with Crippen molar-refractivity contribution in [3.63, 3.8) is 0 Å². The predicted molar refractivity (Wildman–Crippen MR) is 76.9 cm³/mol. The maximum Gasteiger partial charge on any atom is 0.254 e. The average molecular weight is 282 g/mol. The highest BCUT2D eigenvalue weighted by Gasteiger charge is 2.29. The number of carbonyl (C=O) groups excluding carboxylic acids is 1. The number of ether oxygens (including phenoxy) is 1. The van der Waals surface area contributed by atoms with E-state index in [-0.39, 0.29) is 18.1 Å². The number of halogens is 1. The lowest BCUT2D eigenvalue weighted by Crippen LogP contribution is -2.51. The third kappa shape index (κ3) is 3.28. The van der Waals surface area contributed by atoms with E-state index in [0.717, 1.165) is 16.7 Å². The van der Waals surface area contributed by atoms with E-state index in [4.69, 9.17) is 16.3 Å². The van der Waals surface area contributed by atoms with Gasteiger partial charge in [0.25, 0.3) is 5.91 Å². The molecule has 0 radical (unpaired) electrons. The Labute approximate surface area is 119 Å². The van der Waals surface area contributed by atoms with Crippen LogP contribution in [-0.2, 0) is 4.74 Å². The Hall–Kier alpha value is -1.06. The van der Waals surface area contributed by atoms with Gasteiger partial charge in [0.2, 0.25) is 0 Å². The first kappa shape index (κ1) is 14.4. The highest BCUT2D eigenvalue weighted by Crippen LogP contribution is 2.18. The van der Waals surface area contributed by atoms with Crippen LogP contribution in [0.4, 0.5) is 0 Å². The van der Waals surface area contributed by atoms with Crippen molar-refractivity contribution in [2.24, 2.45) is 0 Å². The number of amides is 1. The summed E-state index contributed by atoms with van der Waals surface area (Å²) in [6, 6.07) is 6.04. The second kappa shape index (κ2) is 5.93. The van der Waals surface area contributed by atoms with Gasteiger partial charge in [-0.25, -0.2) is 0 Å². The van der Waals surface area contributed by atoms with Crippen LogP contribution in [0.1, 0.15) is 28.4 Å². The predicted octanol–water partition coefficient (Wildman–Crippen LogP) is 2.77. The Bertz CT molecular complexity index is 455. The molecule has 1 amide bonds. The molecule has 2 unspecified atom stereocenters. The number of hydrogen-bond donors (Lipinski definition) is 0. The lowest BCUT2D eigenvalue weighted by Gasteiger charge is -2.37. The normalized spacial score (nSPS) is 23.5. The zero-order valence-electron chi connectivity index (χ0n) is 11.6. The van der Waals surface area contributed by atoms with Gasteiger partial charge in [-0.05, 0) is 32.9 Å². The molecule has 1 aromatic rings. The van der Waals surface area contributed by atoms with Crippen LogP contribution < -0.4 is 0 Å². The smallest absolute Gasteiger partial charge is 0.254 e. The van der Waals surface area contributed by atoms with Crippen molar-refractivity contribution in [1.82, 2.24) is 4.90 Å². The second-order valence-electron chi connectivity index (χ2n) is 5.29. The Balaban J connectivity index is 2.21. The molecule has 1 saturated heterocycles. The van der Waals surface area contributed by atoms with Crippen molar-refractivity contribution >= 4 is 17.5 Å². The van der Waals surface area contributed by atoms with Crippen LogP contribution in [0.25, 0.3) is 0 Å². The van der Waals surface area contributed by atoms with Crippen LogP contribution in [0.2, 0.25) is 0 Å². The molecule has 0 N–H and O–H groups in total. The quantitative estimate of drug-likeness (QED) is 0.780. The molecule has 104 valence electrons. The van der Waals surface area contributed by atoms with Crippen molar-refractivity contribution in [3.8, 4) is 0 Å². The van der Waals surface area contributed by atoms with E-state index in [1.165, 1.54) is 0 Å². The summed E-state index contributed by atoms with van der Waals surface area (Å²) >= 11 is 5.83. The third-order valence-corrected chi connectivity index (χ3v) is 3.75. The fourth-order valence-electron chi connectivity index (χ4n) is 2.46. The molecule has 0 saturated carbocycles. The third-order valence-electron chi connectivity index (χ3n) is 3.41. The average Bonchev–Trinajstić information content (AvgIpc) is 2.37. The maximum absolute atomic E-state index is 12.6. The van der Waals surface area contributed by atoms with Crippen LogP contribution in [0, 0.1) is 13.8 Å². The Morgan fingerprint density at radius 2 is 2.00 bits per heavy atom. The van der Waals surface area contributed by atoms with E-state index in [0.29, 0.717) is 19.0 Å². The molecule has 0 bridgehead atoms. The van der Waals surface area contributed by atoms with E-state index in [2.05, 4.69) is 6.07 Å². The molecule has 0 aliphatic carbocycles. The van der Waals surface area contributed by atoms with Gasteiger partial charge < -0.3 is 9.64 Å². The van der Waals surface area contributed by atoms with Crippen LogP contribution in [0.3, 0.4) is 0 Å². The number of carbonyl (C=O) groups is 1. The molecule has 19 heavy (non-hydrogen) atoms. The number of benzene rings is 1. The molecular formula is C15H20ClNO2. The monoisotopic (exact) mass is 281 g/mol. The Morgan fingerprint density at radius 1 is 1.37 bits per heavy atom. The van der Waals surface area contributed by atoms with Crippen molar-refractivity contribution in [2.75, 3.05) is 19.0 Å². The minimum Gasteiger partial charge on any atom is -0.373 e. The fourth-order valence-corrected chi connectivity index (χ4v) is 2.64. The Morgan fingerprint density at radius 3 is 2.58 bits per heavy atom. The SMILES string of the molecule is Cc1cc(C)cc(C(=O)N2CC(CCl)OCC2C)c1. The highest BCUT2D eigenvalue weighted by molar-refractivity contribution is 6.18. The number of morpholine rings is 1. The van der Waals surface area contributed by atoms with Gasteiger partial charge in [0.1, 0.15) is 0 Å². The lowest BCUT2D eigenvalue weighted by atomic mass is 10.0. The van der Waals surface area contributed by atoms with Crippen LogP contribution in [0.15, 0.2) is 18.2 Å². The van der Waals surface area contributed by atoms with E-state index >= 15 is 0 Å². The minimum absolute atomic E-state index is 0.0623. The summed E-state index contributed by atoms with van der Waals surface area (Å²) in [4.78, 5) is 14.5. The second-order valence-corrected chi connectivity index (χ2v) is 5.60. The maximum atomic E-state index is 12.6. The van der Waals surface area contributed by atoms with Crippen LogP contribution in [0.5, 0.6) is 0 Å². The molecule has 2 rings (SSSR count). The number of rotatable bonds is 2. The molecule has 1 aromatic carbocycles. The van der Waals surface area contributed by atoms with Crippen LogP contribution in [-0.4, -0.2) is 42.0 Å². The summed E-state index contributed by atoms with van der Waals surface area (Å²) in [6.45, 7) is 7.14. The fraction of sp³-hybridized carbons (Fsp3) is 0.533. The highest BCUT2D eigenvalue weighted by atomic mass is 35.5. The standard InChI is InChI=1S/C15H20ClNO2/c1-10-4-11(2)6-13(5-10)15(18)17-8-14(7-16)19-9-12(17)3/h4-6,12,14H,7-9H2,1-3H3. The molecule has 1 aliphatic heterocycles. The van der Waals surface area contributed by atoms with E-state index in [1.807, 2.05) is 37.8 Å². The van der Waals surface area contributed by atoms with Gasteiger partial charge in [-0.3, -0.25) is 4.79 Å². The van der Waals surface area contributed by atoms with Crippen LogP contribution >= 0.6 is 11.6 Å². The van der Waals surface area contributed by atoms with E-state index in [9.17, 15) is 4.79 Å². The van der Waals surface area contributed by atoms with E-state index < -0.39 is 0 Å².